The highest BCUT2D eigenvalue weighted by Crippen LogP contribution is 2.63. The molecule has 2 aliphatic rings. The highest BCUT2D eigenvalue weighted by atomic mass is 16.3. The van der Waals surface area contributed by atoms with Crippen LogP contribution in [0.3, 0.4) is 0 Å². The number of anilines is 3. The van der Waals surface area contributed by atoms with Gasteiger partial charge < -0.3 is 9.32 Å². The third-order valence-corrected chi connectivity index (χ3v) is 15.2. The Labute approximate surface area is 408 Å². The quantitative estimate of drug-likeness (QED) is 0.151. The number of hydrogen-bond donors (Lipinski definition) is 0. The van der Waals surface area contributed by atoms with Crippen LogP contribution < -0.4 is 4.90 Å². The molecule has 0 spiro atoms. The van der Waals surface area contributed by atoms with Crippen LogP contribution in [-0.2, 0) is 10.8 Å². The predicted molar refractivity (Wildman–Crippen MR) is 288 cm³/mol. The molecule has 70 heavy (non-hydrogen) atoms. The van der Waals surface area contributed by atoms with Crippen molar-refractivity contribution >= 4 is 39.0 Å². The molecular weight excluding hydrogens is 847 g/mol. The van der Waals surface area contributed by atoms with Crippen molar-refractivity contribution in [2.45, 2.75) is 10.8 Å². The summed E-state index contributed by atoms with van der Waals surface area (Å²) in [6, 6.07) is 101. The van der Waals surface area contributed by atoms with Crippen molar-refractivity contribution in [3.05, 3.63) is 317 Å². The maximum absolute atomic E-state index is 6.60. The zero-order valence-corrected chi connectivity index (χ0v) is 38.3. The van der Waals surface area contributed by atoms with E-state index in [-0.39, 0.29) is 0 Å². The molecule has 2 nitrogen and oxygen atoms in total. The molecule has 0 atom stereocenters. The van der Waals surface area contributed by atoms with Crippen LogP contribution >= 0.6 is 0 Å². The van der Waals surface area contributed by atoms with Gasteiger partial charge >= 0.3 is 0 Å². The highest BCUT2D eigenvalue weighted by Gasteiger charge is 2.49. The molecule has 0 aliphatic heterocycles. The minimum atomic E-state index is -0.563. The van der Waals surface area contributed by atoms with E-state index in [0.29, 0.717) is 0 Å². The summed E-state index contributed by atoms with van der Waals surface area (Å²) in [5.74, 6) is 0. The zero-order valence-electron chi connectivity index (χ0n) is 38.3. The molecule has 0 saturated carbocycles. The van der Waals surface area contributed by atoms with E-state index in [1.165, 1.54) is 66.8 Å². The number of nitrogens with zero attached hydrogens (tertiary/aromatic N) is 1. The summed E-state index contributed by atoms with van der Waals surface area (Å²) in [5.41, 5.74) is 21.1. The number of fused-ring (bicyclic) bond motifs is 9. The lowest BCUT2D eigenvalue weighted by Gasteiger charge is -2.35. The van der Waals surface area contributed by atoms with Gasteiger partial charge in [0.05, 0.1) is 22.2 Å². The first-order valence-corrected chi connectivity index (χ1v) is 24.3. The molecule has 0 unspecified atom stereocenters. The molecule has 0 amide bonds. The van der Waals surface area contributed by atoms with Crippen LogP contribution in [0.15, 0.2) is 277 Å². The summed E-state index contributed by atoms with van der Waals surface area (Å²) in [7, 11) is 0. The largest absolute Gasteiger partial charge is 0.455 e. The summed E-state index contributed by atoms with van der Waals surface area (Å²) in [6.45, 7) is 0. The Balaban J connectivity index is 1.07. The standard InChI is InChI=1S/C68H45NO/c1-5-22-47(23-6-1)67(48-24-7-2-8-25-48)57-35-16-13-31-55(57)64-59(67)37-20-39-61(64)69(51-44-42-46(43-45-51)52-33-19-34-54-53-30-15-18-41-63(53)70-66(52)54)62-40-21-38-60-65(62)56-32-14-17-36-58(56)68(60,49-26-9-3-10-27-49)50-28-11-4-12-29-50/h1-45H. The lowest BCUT2D eigenvalue weighted by Crippen LogP contribution is -2.28. The SMILES string of the molecule is c1ccc(C2(c3ccccc3)c3ccccc3-c3c(N(c4ccc(-c5cccc6c5oc5ccccc56)cc4)c4cccc5c4-c4ccccc4C5(c4ccccc4)c4ccccc4)cccc32)cc1. The number of rotatable bonds is 8. The second kappa shape index (κ2) is 15.8. The Morgan fingerprint density at radius 1 is 0.286 bits per heavy atom. The van der Waals surface area contributed by atoms with Gasteiger partial charge in [0.1, 0.15) is 11.2 Å². The van der Waals surface area contributed by atoms with Gasteiger partial charge in [-0.25, -0.2) is 0 Å². The molecule has 328 valence electrons. The summed E-state index contributed by atoms with van der Waals surface area (Å²) in [5, 5.41) is 2.25. The Bertz CT molecular complexity index is 3670. The Morgan fingerprint density at radius 2 is 0.671 bits per heavy atom. The van der Waals surface area contributed by atoms with E-state index in [0.717, 1.165) is 50.1 Å². The molecule has 12 aromatic rings. The van der Waals surface area contributed by atoms with E-state index in [2.05, 4.69) is 272 Å². The maximum Gasteiger partial charge on any atom is 0.143 e. The van der Waals surface area contributed by atoms with Gasteiger partial charge in [-0.15, -0.1) is 0 Å². The smallest absolute Gasteiger partial charge is 0.143 e. The third-order valence-electron chi connectivity index (χ3n) is 15.2. The molecule has 0 saturated heterocycles. The monoisotopic (exact) mass is 891 g/mol. The highest BCUT2D eigenvalue weighted by molar-refractivity contribution is 6.10. The summed E-state index contributed by atoms with van der Waals surface area (Å²) in [4.78, 5) is 2.55. The fourth-order valence-electron chi connectivity index (χ4n) is 12.5. The first-order chi connectivity index (χ1) is 34.8. The lowest BCUT2D eigenvalue weighted by atomic mass is 9.67. The van der Waals surface area contributed by atoms with Gasteiger partial charge in [-0.3, -0.25) is 0 Å². The van der Waals surface area contributed by atoms with Crippen molar-refractivity contribution in [3.8, 4) is 33.4 Å². The van der Waals surface area contributed by atoms with Crippen LogP contribution in [0.5, 0.6) is 0 Å². The normalized spacial score (nSPS) is 13.7. The van der Waals surface area contributed by atoms with Crippen molar-refractivity contribution < 1.29 is 4.42 Å². The molecule has 0 radical (unpaired) electrons. The van der Waals surface area contributed by atoms with Gasteiger partial charge in [-0.05, 0) is 91.5 Å². The summed E-state index contributed by atoms with van der Waals surface area (Å²) < 4.78 is 6.60. The molecule has 14 rings (SSSR count). The van der Waals surface area contributed by atoms with Gasteiger partial charge in [0.25, 0.3) is 0 Å². The molecule has 0 N–H and O–H groups in total. The summed E-state index contributed by atoms with van der Waals surface area (Å²) >= 11 is 0. The molecule has 2 aliphatic carbocycles. The van der Waals surface area contributed by atoms with Crippen LogP contribution in [0.2, 0.25) is 0 Å². The van der Waals surface area contributed by atoms with Crippen molar-refractivity contribution in [3.63, 3.8) is 0 Å². The molecular formula is C68H45NO. The van der Waals surface area contributed by atoms with Gasteiger partial charge in [0.2, 0.25) is 0 Å². The summed E-state index contributed by atoms with van der Waals surface area (Å²) in [6.07, 6.45) is 0. The molecule has 2 heteroatoms. The molecule has 0 fully saturated rings. The van der Waals surface area contributed by atoms with E-state index in [4.69, 9.17) is 4.42 Å². The van der Waals surface area contributed by atoms with E-state index < -0.39 is 10.8 Å². The van der Waals surface area contributed by atoms with Gasteiger partial charge in [0, 0.05) is 33.2 Å². The van der Waals surface area contributed by atoms with Gasteiger partial charge in [-0.2, -0.15) is 0 Å². The van der Waals surface area contributed by atoms with Gasteiger partial charge in [0.15, 0.2) is 0 Å². The minimum absolute atomic E-state index is 0.563. The fraction of sp³-hybridized carbons (Fsp3) is 0.0294. The molecule has 0 bridgehead atoms. The Hall–Kier alpha value is -8.98. The molecule has 1 aromatic heterocycles. The number of benzene rings is 11. The van der Waals surface area contributed by atoms with Crippen LogP contribution in [0.1, 0.15) is 44.5 Å². The molecule has 11 aromatic carbocycles. The lowest BCUT2D eigenvalue weighted by molar-refractivity contribution is 0.670. The minimum Gasteiger partial charge on any atom is -0.455 e. The second-order valence-corrected chi connectivity index (χ2v) is 18.6. The van der Waals surface area contributed by atoms with E-state index in [9.17, 15) is 0 Å². The second-order valence-electron chi connectivity index (χ2n) is 18.6. The topological polar surface area (TPSA) is 16.4 Å². The number of hydrogen-bond acceptors (Lipinski definition) is 2. The Morgan fingerprint density at radius 3 is 1.17 bits per heavy atom. The van der Waals surface area contributed by atoms with Crippen molar-refractivity contribution in [2.75, 3.05) is 4.90 Å². The van der Waals surface area contributed by atoms with E-state index >= 15 is 0 Å². The van der Waals surface area contributed by atoms with E-state index in [1.54, 1.807) is 0 Å². The van der Waals surface area contributed by atoms with Crippen LogP contribution in [0, 0.1) is 0 Å². The van der Waals surface area contributed by atoms with Crippen LogP contribution in [0.4, 0.5) is 17.1 Å². The fourth-order valence-corrected chi connectivity index (χ4v) is 12.5. The van der Waals surface area contributed by atoms with Crippen LogP contribution in [-0.4, -0.2) is 0 Å². The van der Waals surface area contributed by atoms with Crippen molar-refractivity contribution in [1.29, 1.82) is 0 Å². The number of furan rings is 1. The van der Waals surface area contributed by atoms with E-state index in [1.807, 2.05) is 6.07 Å². The van der Waals surface area contributed by atoms with Crippen LogP contribution in [0.25, 0.3) is 55.3 Å². The van der Waals surface area contributed by atoms with Crippen molar-refractivity contribution in [2.24, 2.45) is 0 Å². The van der Waals surface area contributed by atoms with Gasteiger partial charge in [-0.1, -0.05) is 243 Å². The first-order valence-electron chi connectivity index (χ1n) is 24.3. The third kappa shape index (κ3) is 5.62. The Kier molecular flexibility index (Phi) is 9.06. The average Bonchev–Trinajstić information content (AvgIpc) is 4.09. The maximum atomic E-state index is 6.60. The zero-order chi connectivity index (χ0) is 46.2. The van der Waals surface area contributed by atoms with Crippen molar-refractivity contribution in [1.82, 2.24) is 0 Å². The number of para-hydroxylation sites is 2. The molecule has 1 heterocycles. The average molecular weight is 892 g/mol. The predicted octanol–water partition coefficient (Wildman–Crippen LogP) is 17.4. The first kappa shape index (κ1) is 40.1.